The van der Waals surface area contributed by atoms with Crippen LogP contribution in [0, 0.1) is 35.0 Å². The Morgan fingerprint density at radius 3 is 2.10 bits per heavy atom. The van der Waals surface area contributed by atoms with Crippen LogP contribution < -0.4 is 0 Å². The van der Waals surface area contributed by atoms with Gasteiger partial charge in [0.1, 0.15) is 0 Å². The van der Waals surface area contributed by atoms with E-state index < -0.39 is 0 Å². The molecule has 0 bridgehead atoms. The Balaban J connectivity index is 1.84. The van der Waals surface area contributed by atoms with E-state index in [4.69, 9.17) is 10.1 Å². The molecule has 0 saturated heterocycles. The van der Waals surface area contributed by atoms with Crippen LogP contribution in [0.4, 0.5) is 0 Å². The molecule has 2 fully saturated rings. The molecular weight excluding hydrogens is 250 g/mol. The quantitative estimate of drug-likeness (QED) is 0.455. The van der Waals surface area contributed by atoms with Crippen molar-refractivity contribution in [1.82, 2.24) is 0 Å². The lowest BCUT2D eigenvalue weighted by Crippen LogP contribution is -2.36. The van der Waals surface area contributed by atoms with Gasteiger partial charge in [0.05, 0.1) is 12.2 Å². The number of hydrogen-bond acceptors (Lipinski definition) is 3. The van der Waals surface area contributed by atoms with Crippen molar-refractivity contribution in [2.75, 3.05) is 0 Å². The SMILES string of the molecule is C=CCC1CCC(C(OO)C2CCC(C#N)CC2)CC1. The Bertz CT molecular complexity index is 333. The molecular formula is C17H27NO2. The van der Waals surface area contributed by atoms with Crippen LogP contribution in [0.3, 0.4) is 0 Å². The molecule has 3 heteroatoms. The molecule has 0 heterocycles. The fraction of sp³-hybridized carbons (Fsp3) is 0.824. The van der Waals surface area contributed by atoms with E-state index in [-0.39, 0.29) is 12.0 Å². The first kappa shape index (κ1) is 15.5. The van der Waals surface area contributed by atoms with Crippen molar-refractivity contribution in [2.24, 2.45) is 23.7 Å². The van der Waals surface area contributed by atoms with Crippen molar-refractivity contribution in [1.29, 1.82) is 5.26 Å². The van der Waals surface area contributed by atoms with Crippen molar-refractivity contribution in [2.45, 2.75) is 63.9 Å². The maximum Gasteiger partial charge on any atom is 0.0983 e. The molecule has 1 unspecified atom stereocenters. The maximum atomic E-state index is 9.34. The summed E-state index contributed by atoms with van der Waals surface area (Å²) in [4.78, 5) is 4.89. The van der Waals surface area contributed by atoms with Gasteiger partial charge < -0.3 is 0 Å². The predicted molar refractivity (Wildman–Crippen MR) is 78.8 cm³/mol. The van der Waals surface area contributed by atoms with Crippen LogP contribution in [-0.4, -0.2) is 11.4 Å². The number of nitriles is 1. The summed E-state index contributed by atoms with van der Waals surface area (Å²) in [6.07, 6.45) is 11.9. The lowest BCUT2D eigenvalue weighted by atomic mass is 9.71. The van der Waals surface area contributed by atoms with E-state index in [2.05, 4.69) is 12.6 Å². The standard InChI is InChI=1S/C17H27NO2/c1-2-3-13-4-8-15(9-5-13)17(20-19)16-10-6-14(12-18)7-11-16/h2,13-17,19H,1,3-11H2. The summed E-state index contributed by atoms with van der Waals surface area (Å²) in [5, 5.41) is 18.3. The normalized spacial score (nSPS) is 36.0. The molecule has 112 valence electrons. The largest absolute Gasteiger partial charge is 0.252 e. The number of hydrogen-bond donors (Lipinski definition) is 1. The van der Waals surface area contributed by atoms with Crippen molar-refractivity contribution >= 4 is 0 Å². The van der Waals surface area contributed by atoms with E-state index in [1.165, 1.54) is 12.8 Å². The van der Waals surface area contributed by atoms with Crippen LogP contribution in [0.5, 0.6) is 0 Å². The van der Waals surface area contributed by atoms with E-state index in [1.54, 1.807) is 0 Å². The highest BCUT2D eigenvalue weighted by Crippen LogP contribution is 2.40. The Kier molecular flexibility index (Phi) is 6.06. The summed E-state index contributed by atoms with van der Waals surface area (Å²) in [7, 11) is 0. The van der Waals surface area contributed by atoms with E-state index in [0.717, 1.165) is 50.9 Å². The highest BCUT2D eigenvalue weighted by atomic mass is 17.1. The Hall–Kier alpha value is -0.850. The third kappa shape index (κ3) is 3.84. The molecule has 1 N–H and O–H groups in total. The van der Waals surface area contributed by atoms with E-state index >= 15 is 0 Å². The van der Waals surface area contributed by atoms with Gasteiger partial charge in [-0.05, 0) is 75.5 Å². The molecule has 0 aromatic heterocycles. The average molecular weight is 277 g/mol. The summed E-state index contributed by atoms with van der Waals surface area (Å²) in [5.41, 5.74) is 0. The minimum absolute atomic E-state index is 0.0145. The van der Waals surface area contributed by atoms with Crippen LogP contribution in [-0.2, 0) is 4.89 Å². The lowest BCUT2D eigenvalue weighted by molar-refractivity contribution is -0.306. The van der Waals surface area contributed by atoms with Gasteiger partial charge in [-0.3, -0.25) is 5.26 Å². The lowest BCUT2D eigenvalue weighted by Gasteiger charge is -2.37. The summed E-state index contributed by atoms with van der Waals surface area (Å²) >= 11 is 0. The summed E-state index contributed by atoms with van der Waals surface area (Å²) in [6, 6.07) is 2.37. The molecule has 0 aliphatic heterocycles. The Morgan fingerprint density at radius 2 is 1.65 bits per heavy atom. The smallest absolute Gasteiger partial charge is 0.0983 e. The van der Waals surface area contributed by atoms with Gasteiger partial charge in [0.2, 0.25) is 0 Å². The highest BCUT2D eigenvalue weighted by Gasteiger charge is 2.35. The number of rotatable bonds is 5. The van der Waals surface area contributed by atoms with Gasteiger partial charge >= 0.3 is 0 Å². The van der Waals surface area contributed by atoms with E-state index in [1.807, 2.05) is 6.08 Å². The molecule has 0 aromatic carbocycles. The van der Waals surface area contributed by atoms with E-state index in [0.29, 0.717) is 11.8 Å². The second kappa shape index (κ2) is 7.81. The first-order valence-electron chi connectivity index (χ1n) is 8.09. The zero-order valence-corrected chi connectivity index (χ0v) is 12.3. The topological polar surface area (TPSA) is 53.2 Å². The molecule has 0 amide bonds. The third-order valence-electron chi connectivity index (χ3n) is 5.40. The molecule has 0 radical (unpaired) electrons. The summed E-state index contributed by atoms with van der Waals surface area (Å²) in [6.45, 7) is 3.82. The molecule has 2 rings (SSSR count). The zero-order chi connectivity index (χ0) is 14.4. The van der Waals surface area contributed by atoms with Crippen LogP contribution in [0.1, 0.15) is 57.8 Å². The Labute approximate surface area is 122 Å². The van der Waals surface area contributed by atoms with Crippen LogP contribution in [0.15, 0.2) is 12.7 Å². The first-order valence-corrected chi connectivity index (χ1v) is 8.09. The van der Waals surface area contributed by atoms with Crippen LogP contribution in [0.25, 0.3) is 0 Å². The highest BCUT2D eigenvalue weighted by molar-refractivity contribution is 4.91. The van der Waals surface area contributed by atoms with Gasteiger partial charge in [0.15, 0.2) is 0 Å². The monoisotopic (exact) mass is 277 g/mol. The van der Waals surface area contributed by atoms with Crippen molar-refractivity contribution in [3.63, 3.8) is 0 Å². The van der Waals surface area contributed by atoms with Gasteiger partial charge in [-0.1, -0.05) is 6.08 Å². The molecule has 2 aliphatic rings. The van der Waals surface area contributed by atoms with Gasteiger partial charge in [0.25, 0.3) is 0 Å². The zero-order valence-electron chi connectivity index (χ0n) is 12.3. The van der Waals surface area contributed by atoms with E-state index in [9.17, 15) is 5.26 Å². The Morgan fingerprint density at radius 1 is 1.10 bits per heavy atom. The summed E-state index contributed by atoms with van der Waals surface area (Å²) in [5.74, 6) is 1.92. The molecule has 20 heavy (non-hydrogen) atoms. The predicted octanol–water partition coefficient (Wildman–Crippen LogP) is 4.56. The third-order valence-corrected chi connectivity index (χ3v) is 5.40. The van der Waals surface area contributed by atoms with Crippen molar-refractivity contribution in [3.05, 3.63) is 12.7 Å². The number of nitrogens with zero attached hydrogens (tertiary/aromatic N) is 1. The summed E-state index contributed by atoms with van der Waals surface area (Å²) < 4.78 is 0. The molecule has 0 aromatic rings. The van der Waals surface area contributed by atoms with Crippen molar-refractivity contribution in [3.8, 4) is 6.07 Å². The second-order valence-corrected chi connectivity index (χ2v) is 6.62. The van der Waals surface area contributed by atoms with Gasteiger partial charge in [-0.15, -0.1) is 6.58 Å². The number of allylic oxidation sites excluding steroid dienone is 1. The van der Waals surface area contributed by atoms with Gasteiger partial charge in [-0.25, -0.2) is 4.89 Å². The molecule has 3 nitrogen and oxygen atoms in total. The minimum Gasteiger partial charge on any atom is -0.252 e. The van der Waals surface area contributed by atoms with Crippen molar-refractivity contribution < 1.29 is 10.1 Å². The fourth-order valence-corrected chi connectivity index (χ4v) is 4.12. The van der Waals surface area contributed by atoms with Crippen LogP contribution in [0.2, 0.25) is 0 Å². The van der Waals surface area contributed by atoms with Gasteiger partial charge in [-0.2, -0.15) is 5.26 Å². The minimum atomic E-state index is -0.0145. The van der Waals surface area contributed by atoms with Crippen LogP contribution >= 0.6 is 0 Å². The fourth-order valence-electron chi connectivity index (χ4n) is 4.12. The average Bonchev–Trinajstić information content (AvgIpc) is 2.51. The maximum absolute atomic E-state index is 9.34. The second-order valence-electron chi connectivity index (χ2n) is 6.62. The van der Waals surface area contributed by atoms with Gasteiger partial charge in [0, 0.05) is 5.92 Å². The molecule has 2 aliphatic carbocycles. The molecule has 1 atom stereocenters. The molecule has 2 saturated carbocycles. The first-order chi connectivity index (χ1) is 9.78. The molecule has 0 spiro atoms.